The summed E-state index contributed by atoms with van der Waals surface area (Å²) in [4.78, 5) is 10.8. The van der Waals surface area contributed by atoms with Crippen molar-refractivity contribution in [3.05, 3.63) is 20.8 Å². The highest BCUT2D eigenvalue weighted by molar-refractivity contribution is 9.11. The zero-order chi connectivity index (χ0) is 10.3. The summed E-state index contributed by atoms with van der Waals surface area (Å²) in [7, 11) is 0. The first-order valence-corrected chi connectivity index (χ1v) is 5.96. The molecule has 0 bridgehead atoms. The van der Waals surface area contributed by atoms with Crippen LogP contribution in [0.4, 0.5) is 0 Å². The molecule has 76 valence electrons. The van der Waals surface area contributed by atoms with Gasteiger partial charge in [-0.1, -0.05) is 0 Å². The molecule has 0 amide bonds. The monoisotopic (exact) mass is 275 g/mol. The Morgan fingerprint density at radius 3 is 2.71 bits per heavy atom. The molecule has 1 aliphatic rings. The minimum atomic E-state index is -0.912. The van der Waals surface area contributed by atoms with E-state index in [1.807, 2.05) is 11.4 Å². The van der Waals surface area contributed by atoms with Gasteiger partial charge < -0.3 is 10.8 Å². The second-order valence-corrected chi connectivity index (χ2v) is 5.90. The Morgan fingerprint density at radius 2 is 2.36 bits per heavy atom. The summed E-state index contributed by atoms with van der Waals surface area (Å²) in [6.07, 6.45) is 1.76. The van der Waals surface area contributed by atoms with Gasteiger partial charge in [0, 0.05) is 5.41 Å². The van der Waals surface area contributed by atoms with Crippen molar-refractivity contribution in [2.75, 3.05) is 0 Å². The van der Waals surface area contributed by atoms with E-state index in [4.69, 9.17) is 10.8 Å². The van der Waals surface area contributed by atoms with E-state index < -0.39 is 12.0 Å². The molecule has 1 heterocycles. The van der Waals surface area contributed by atoms with E-state index in [1.54, 1.807) is 11.3 Å². The molecule has 5 heteroatoms. The number of thiophene rings is 1. The van der Waals surface area contributed by atoms with Gasteiger partial charge >= 0.3 is 5.97 Å². The van der Waals surface area contributed by atoms with Gasteiger partial charge in [0.1, 0.15) is 6.04 Å². The zero-order valence-electron chi connectivity index (χ0n) is 7.37. The summed E-state index contributed by atoms with van der Waals surface area (Å²) in [5.74, 6) is -0.912. The minimum absolute atomic E-state index is 0.297. The summed E-state index contributed by atoms with van der Waals surface area (Å²) < 4.78 is 1.02. The predicted octanol–water partition coefficient (Wildman–Crippen LogP) is 1.95. The average molecular weight is 276 g/mol. The highest BCUT2D eigenvalue weighted by Crippen LogP contribution is 2.51. The summed E-state index contributed by atoms with van der Waals surface area (Å²) >= 11 is 4.94. The van der Waals surface area contributed by atoms with Crippen molar-refractivity contribution in [1.82, 2.24) is 0 Å². The maximum absolute atomic E-state index is 10.8. The second-order valence-electron chi connectivity index (χ2n) is 3.61. The van der Waals surface area contributed by atoms with Crippen LogP contribution in [0.5, 0.6) is 0 Å². The van der Waals surface area contributed by atoms with Crippen molar-refractivity contribution in [3.8, 4) is 0 Å². The number of halogens is 1. The van der Waals surface area contributed by atoms with E-state index in [-0.39, 0.29) is 5.41 Å². The van der Waals surface area contributed by atoms with E-state index in [1.165, 1.54) is 0 Å². The first-order valence-electron chi connectivity index (χ1n) is 4.29. The molecule has 3 N–H and O–H groups in total. The van der Waals surface area contributed by atoms with Crippen LogP contribution in [0.2, 0.25) is 0 Å². The Balaban J connectivity index is 2.29. The number of carboxylic acid groups (broad SMARTS) is 1. The van der Waals surface area contributed by atoms with Gasteiger partial charge in [-0.3, -0.25) is 4.79 Å². The lowest BCUT2D eigenvalue weighted by atomic mass is 9.91. The van der Waals surface area contributed by atoms with Gasteiger partial charge in [0.15, 0.2) is 0 Å². The number of carbonyl (C=O) groups is 1. The molecule has 0 radical (unpaired) electrons. The molecule has 0 spiro atoms. The van der Waals surface area contributed by atoms with Crippen LogP contribution in [0.15, 0.2) is 15.2 Å². The molecule has 0 aromatic carbocycles. The van der Waals surface area contributed by atoms with Gasteiger partial charge in [-0.15, -0.1) is 11.3 Å². The van der Waals surface area contributed by atoms with Crippen LogP contribution in [0.1, 0.15) is 18.4 Å². The van der Waals surface area contributed by atoms with Crippen molar-refractivity contribution in [2.24, 2.45) is 5.73 Å². The first kappa shape index (κ1) is 10.1. The van der Waals surface area contributed by atoms with Crippen molar-refractivity contribution in [3.63, 3.8) is 0 Å². The molecule has 2 rings (SSSR count). The number of hydrogen-bond donors (Lipinski definition) is 2. The van der Waals surface area contributed by atoms with Crippen LogP contribution in [-0.4, -0.2) is 17.1 Å². The maximum Gasteiger partial charge on any atom is 0.321 e. The lowest BCUT2D eigenvalue weighted by Gasteiger charge is -2.18. The fourth-order valence-corrected chi connectivity index (χ4v) is 2.99. The number of aliphatic carboxylic acids is 1. The van der Waals surface area contributed by atoms with E-state index in [2.05, 4.69) is 15.9 Å². The smallest absolute Gasteiger partial charge is 0.321 e. The number of hydrogen-bond acceptors (Lipinski definition) is 3. The number of carboxylic acids is 1. The van der Waals surface area contributed by atoms with Crippen LogP contribution in [-0.2, 0) is 10.2 Å². The fourth-order valence-electron chi connectivity index (χ4n) is 1.72. The number of rotatable bonds is 3. The Labute approximate surface area is 94.1 Å². The zero-order valence-corrected chi connectivity index (χ0v) is 9.77. The van der Waals surface area contributed by atoms with Gasteiger partial charge in [0.25, 0.3) is 0 Å². The summed E-state index contributed by atoms with van der Waals surface area (Å²) in [6, 6.07) is 1.20. The Hall–Kier alpha value is -0.390. The van der Waals surface area contributed by atoms with Crippen molar-refractivity contribution in [1.29, 1.82) is 0 Å². The highest BCUT2D eigenvalue weighted by atomic mass is 79.9. The van der Waals surface area contributed by atoms with Gasteiger partial charge in [-0.05, 0) is 45.8 Å². The van der Waals surface area contributed by atoms with Gasteiger partial charge in [-0.2, -0.15) is 0 Å². The second kappa shape index (κ2) is 3.32. The minimum Gasteiger partial charge on any atom is -0.480 e. The number of nitrogens with two attached hydrogens (primary N) is 1. The van der Waals surface area contributed by atoms with Crippen molar-refractivity contribution < 1.29 is 9.90 Å². The third-order valence-corrected chi connectivity index (χ3v) is 4.30. The normalized spacial score (nSPS) is 20.4. The van der Waals surface area contributed by atoms with Gasteiger partial charge in [0.2, 0.25) is 0 Å². The summed E-state index contributed by atoms with van der Waals surface area (Å²) in [6.45, 7) is 0. The molecule has 0 saturated heterocycles. The third kappa shape index (κ3) is 1.49. The van der Waals surface area contributed by atoms with Crippen LogP contribution >= 0.6 is 27.3 Å². The topological polar surface area (TPSA) is 63.3 Å². The Bertz CT molecular complexity index is 373. The molecule has 14 heavy (non-hydrogen) atoms. The molecular formula is C9H10BrNO2S. The van der Waals surface area contributed by atoms with E-state index >= 15 is 0 Å². The first-order chi connectivity index (χ1) is 6.56. The van der Waals surface area contributed by atoms with Crippen molar-refractivity contribution in [2.45, 2.75) is 24.3 Å². The third-order valence-electron chi connectivity index (χ3n) is 2.79. The molecule has 1 unspecified atom stereocenters. The van der Waals surface area contributed by atoms with Crippen LogP contribution < -0.4 is 5.73 Å². The van der Waals surface area contributed by atoms with Crippen molar-refractivity contribution >= 4 is 33.2 Å². The molecule has 1 aromatic heterocycles. The van der Waals surface area contributed by atoms with Gasteiger partial charge in [0.05, 0.1) is 3.79 Å². The van der Waals surface area contributed by atoms with Crippen LogP contribution in [0.3, 0.4) is 0 Å². The summed E-state index contributed by atoms with van der Waals surface area (Å²) in [5, 5.41) is 10.9. The molecule has 0 aliphatic heterocycles. The molecule has 3 nitrogen and oxygen atoms in total. The Morgan fingerprint density at radius 1 is 1.71 bits per heavy atom. The van der Waals surface area contributed by atoms with E-state index in [9.17, 15) is 4.79 Å². The molecule has 1 aromatic rings. The summed E-state index contributed by atoms with van der Waals surface area (Å²) in [5.41, 5.74) is 6.45. The fraction of sp³-hybridized carbons (Fsp3) is 0.444. The van der Waals surface area contributed by atoms with E-state index in [0.717, 1.165) is 22.2 Å². The Kier molecular flexibility index (Phi) is 2.41. The molecule has 1 saturated carbocycles. The molecule has 1 aliphatic carbocycles. The van der Waals surface area contributed by atoms with Gasteiger partial charge in [-0.25, -0.2) is 0 Å². The quantitative estimate of drug-likeness (QED) is 0.887. The maximum atomic E-state index is 10.8. The molecule has 1 atom stereocenters. The van der Waals surface area contributed by atoms with Crippen LogP contribution in [0, 0.1) is 0 Å². The SMILES string of the molecule is NC(C(=O)O)C1(c2csc(Br)c2)CC1. The lowest BCUT2D eigenvalue weighted by Crippen LogP contribution is -2.41. The van der Waals surface area contributed by atoms with Crippen LogP contribution in [0.25, 0.3) is 0 Å². The largest absolute Gasteiger partial charge is 0.480 e. The molecule has 1 fully saturated rings. The lowest BCUT2D eigenvalue weighted by molar-refractivity contribution is -0.139. The predicted molar refractivity (Wildman–Crippen MR) is 58.5 cm³/mol. The standard InChI is InChI=1S/C9H10BrNO2S/c10-6-3-5(4-14-6)9(1-2-9)7(11)8(12)13/h3-4,7H,1-2,11H2,(H,12,13). The van der Waals surface area contributed by atoms with E-state index in [0.29, 0.717) is 0 Å². The molecular weight excluding hydrogens is 266 g/mol. The average Bonchev–Trinajstić information content (AvgIpc) is 2.83. The highest BCUT2D eigenvalue weighted by Gasteiger charge is 2.52.